The van der Waals surface area contributed by atoms with E-state index in [1.165, 1.54) is 12.1 Å². The number of carbonyl (C=O) groups excluding carboxylic acids is 1. The lowest BCUT2D eigenvalue weighted by Gasteiger charge is -1.99. The summed E-state index contributed by atoms with van der Waals surface area (Å²) >= 11 is 6.10. The summed E-state index contributed by atoms with van der Waals surface area (Å²) in [5.74, 6) is -0.348. The van der Waals surface area contributed by atoms with Crippen LogP contribution >= 0.6 is 11.6 Å². The molecule has 0 aliphatic carbocycles. The van der Waals surface area contributed by atoms with Crippen molar-refractivity contribution in [3.05, 3.63) is 58.9 Å². The van der Waals surface area contributed by atoms with E-state index in [0.717, 1.165) is 11.7 Å². The molecular formula is C15H9ClFNO. The number of nitrogens with one attached hydrogen (secondary N) is 1. The van der Waals surface area contributed by atoms with Crippen molar-refractivity contribution in [2.45, 2.75) is 0 Å². The van der Waals surface area contributed by atoms with Gasteiger partial charge in [0.15, 0.2) is 6.29 Å². The SMILES string of the molecule is O=Cc1c(-c2cccc(F)c2)[nH]c2c(Cl)cccc12. The van der Waals surface area contributed by atoms with Gasteiger partial charge in [-0.25, -0.2) is 4.39 Å². The van der Waals surface area contributed by atoms with Gasteiger partial charge in [0, 0.05) is 16.5 Å². The van der Waals surface area contributed by atoms with Crippen LogP contribution in [0.15, 0.2) is 42.5 Å². The summed E-state index contributed by atoms with van der Waals surface area (Å²) in [6, 6.07) is 11.4. The summed E-state index contributed by atoms with van der Waals surface area (Å²) in [6.45, 7) is 0. The van der Waals surface area contributed by atoms with Gasteiger partial charge < -0.3 is 4.98 Å². The molecule has 1 heterocycles. The maximum absolute atomic E-state index is 13.3. The standard InChI is InChI=1S/C15H9ClFNO/c16-13-6-2-5-11-12(8-19)14(18-15(11)13)9-3-1-4-10(17)7-9/h1-8,18H. The Morgan fingerprint density at radius 2 is 1.95 bits per heavy atom. The van der Waals surface area contributed by atoms with Gasteiger partial charge in [-0.05, 0) is 18.2 Å². The van der Waals surface area contributed by atoms with Crippen LogP contribution in [0.4, 0.5) is 4.39 Å². The van der Waals surface area contributed by atoms with Crippen molar-refractivity contribution in [2.75, 3.05) is 0 Å². The number of hydrogen-bond donors (Lipinski definition) is 1. The highest BCUT2D eigenvalue weighted by molar-refractivity contribution is 6.35. The molecule has 0 bridgehead atoms. The van der Waals surface area contributed by atoms with Gasteiger partial charge >= 0.3 is 0 Å². The molecule has 0 spiro atoms. The molecule has 19 heavy (non-hydrogen) atoms. The second-order valence-electron chi connectivity index (χ2n) is 4.20. The fraction of sp³-hybridized carbons (Fsp3) is 0. The van der Waals surface area contributed by atoms with E-state index in [1.54, 1.807) is 24.3 Å². The van der Waals surface area contributed by atoms with Gasteiger partial charge in [0.2, 0.25) is 0 Å². The molecule has 0 radical (unpaired) electrons. The zero-order chi connectivity index (χ0) is 13.4. The molecule has 0 atom stereocenters. The number of rotatable bonds is 2. The molecule has 3 rings (SSSR count). The summed E-state index contributed by atoms with van der Waals surface area (Å²) in [6.07, 6.45) is 0.759. The van der Waals surface area contributed by atoms with Crippen molar-refractivity contribution in [1.29, 1.82) is 0 Å². The second-order valence-corrected chi connectivity index (χ2v) is 4.61. The van der Waals surface area contributed by atoms with Crippen LogP contribution in [0.5, 0.6) is 0 Å². The number of para-hydroxylation sites is 1. The number of carbonyl (C=O) groups is 1. The number of hydrogen-bond acceptors (Lipinski definition) is 1. The number of benzene rings is 2. The Labute approximate surface area is 113 Å². The van der Waals surface area contributed by atoms with E-state index in [9.17, 15) is 9.18 Å². The van der Waals surface area contributed by atoms with Gasteiger partial charge in [-0.2, -0.15) is 0 Å². The van der Waals surface area contributed by atoms with E-state index in [2.05, 4.69) is 4.98 Å². The fourth-order valence-electron chi connectivity index (χ4n) is 2.20. The molecular weight excluding hydrogens is 265 g/mol. The smallest absolute Gasteiger partial charge is 0.152 e. The number of aromatic nitrogens is 1. The predicted octanol–water partition coefficient (Wildman–Crippen LogP) is 4.44. The lowest BCUT2D eigenvalue weighted by atomic mass is 10.1. The highest BCUT2D eigenvalue weighted by Gasteiger charge is 2.14. The molecule has 94 valence electrons. The normalized spacial score (nSPS) is 10.8. The minimum absolute atomic E-state index is 0.348. The third-order valence-electron chi connectivity index (χ3n) is 3.05. The quantitative estimate of drug-likeness (QED) is 0.688. The van der Waals surface area contributed by atoms with Crippen LogP contribution in [0, 0.1) is 5.82 Å². The van der Waals surface area contributed by atoms with Gasteiger partial charge in [0.25, 0.3) is 0 Å². The molecule has 1 aromatic heterocycles. The zero-order valence-electron chi connectivity index (χ0n) is 9.78. The molecule has 0 aliphatic heterocycles. The first-order valence-electron chi connectivity index (χ1n) is 5.72. The first kappa shape index (κ1) is 11.9. The topological polar surface area (TPSA) is 32.9 Å². The van der Waals surface area contributed by atoms with E-state index in [4.69, 9.17) is 11.6 Å². The molecule has 0 saturated carbocycles. The first-order chi connectivity index (χ1) is 9.20. The molecule has 0 amide bonds. The molecule has 4 heteroatoms. The average molecular weight is 274 g/mol. The molecule has 2 aromatic carbocycles. The van der Waals surface area contributed by atoms with Gasteiger partial charge in [-0.15, -0.1) is 0 Å². The lowest BCUT2D eigenvalue weighted by Crippen LogP contribution is -1.85. The Bertz CT molecular complexity index is 779. The van der Waals surface area contributed by atoms with Crippen molar-refractivity contribution in [3.8, 4) is 11.3 Å². The minimum Gasteiger partial charge on any atom is -0.353 e. The van der Waals surface area contributed by atoms with Gasteiger partial charge in [-0.3, -0.25) is 4.79 Å². The number of aromatic amines is 1. The maximum Gasteiger partial charge on any atom is 0.152 e. The van der Waals surface area contributed by atoms with Crippen molar-refractivity contribution < 1.29 is 9.18 Å². The number of aldehydes is 1. The molecule has 0 unspecified atom stereocenters. The van der Waals surface area contributed by atoms with Crippen molar-refractivity contribution in [3.63, 3.8) is 0 Å². The Hall–Kier alpha value is -2.13. The molecule has 0 aliphatic rings. The van der Waals surface area contributed by atoms with Gasteiger partial charge in [0.1, 0.15) is 5.82 Å². The lowest BCUT2D eigenvalue weighted by molar-refractivity contribution is 0.112. The maximum atomic E-state index is 13.3. The van der Waals surface area contributed by atoms with E-state index in [1.807, 2.05) is 6.07 Å². The summed E-state index contributed by atoms with van der Waals surface area (Å²) in [4.78, 5) is 14.4. The summed E-state index contributed by atoms with van der Waals surface area (Å²) < 4.78 is 13.3. The van der Waals surface area contributed by atoms with Crippen LogP contribution in [-0.4, -0.2) is 11.3 Å². The fourth-order valence-corrected chi connectivity index (χ4v) is 2.42. The van der Waals surface area contributed by atoms with Crippen LogP contribution in [0.2, 0.25) is 5.02 Å². The summed E-state index contributed by atoms with van der Waals surface area (Å²) in [5.41, 5.74) is 2.38. The van der Waals surface area contributed by atoms with Crippen LogP contribution < -0.4 is 0 Å². The van der Waals surface area contributed by atoms with Crippen LogP contribution in [0.1, 0.15) is 10.4 Å². The third-order valence-corrected chi connectivity index (χ3v) is 3.37. The summed E-state index contributed by atoms with van der Waals surface area (Å²) in [5, 5.41) is 1.27. The van der Waals surface area contributed by atoms with Gasteiger partial charge in [-0.1, -0.05) is 35.9 Å². The largest absolute Gasteiger partial charge is 0.353 e. The Kier molecular flexibility index (Phi) is 2.84. The molecule has 0 fully saturated rings. The third kappa shape index (κ3) is 1.92. The Morgan fingerprint density at radius 3 is 2.68 bits per heavy atom. The van der Waals surface area contributed by atoms with Crippen molar-refractivity contribution in [1.82, 2.24) is 4.98 Å². The zero-order valence-corrected chi connectivity index (χ0v) is 10.5. The second kappa shape index (κ2) is 4.52. The van der Waals surface area contributed by atoms with E-state index < -0.39 is 0 Å². The van der Waals surface area contributed by atoms with Crippen molar-refractivity contribution in [2.24, 2.45) is 0 Å². The van der Waals surface area contributed by atoms with Crippen LogP contribution in [0.3, 0.4) is 0 Å². The average Bonchev–Trinajstić information content (AvgIpc) is 2.79. The minimum atomic E-state index is -0.348. The Morgan fingerprint density at radius 1 is 1.16 bits per heavy atom. The van der Waals surface area contributed by atoms with Crippen LogP contribution in [0.25, 0.3) is 22.2 Å². The first-order valence-corrected chi connectivity index (χ1v) is 6.10. The van der Waals surface area contributed by atoms with E-state index in [-0.39, 0.29) is 5.82 Å². The number of fused-ring (bicyclic) bond motifs is 1. The number of halogens is 2. The molecule has 1 N–H and O–H groups in total. The van der Waals surface area contributed by atoms with Crippen molar-refractivity contribution >= 4 is 28.8 Å². The monoisotopic (exact) mass is 273 g/mol. The molecule has 2 nitrogen and oxygen atoms in total. The van der Waals surface area contributed by atoms with Crippen LogP contribution in [-0.2, 0) is 0 Å². The predicted molar refractivity (Wildman–Crippen MR) is 74.1 cm³/mol. The summed E-state index contributed by atoms with van der Waals surface area (Å²) in [7, 11) is 0. The molecule has 0 saturated heterocycles. The molecule has 3 aromatic rings. The van der Waals surface area contributed by atoms with Gasteiger partial charge in [0.05, 0.1) is 16.2 Å². The Balaban J connectivity index is 2.35. The highest BCUT2D eigenvalue weighted by atomic mass is 35.5. The van der Waals surface area contributed by atoms with E-state index in [0.29, 0.717) is 27.4 Å². The highest BCUT2D eigenvalue weighted by Crippen LogP contribution is 2.32. The number of H-pyrrole nitrogens is 1. The van der Waals surface area contributed by atoms with E-state index >= 15 is 0 Å².